The Labute approximate surface area is 165 Å². The first-order valence-electron chi connectivity index (χ1n) is 10.3. The van der Waals surface area contributed by atoms with E-state index in [0.29, 0.717) is 12.1 Å². The van der Waals surface area contributed by atoms with Gasteiger partial charge >= 0.3 is 0 Å². The lowest BCUT2D eigenvalue weighted by molar-refractivity contribution is -0.136. The zero-order valence-electron chi connectivity index (χ0n) is 16.7. The van der Waals surface area contributed by atoms with Crippen molar-refractivity contribution in [2.45, 2.75) is 83.0 Å². The summed E-state index contributed by atoms with van der Waals surface area (Å²) in [4.78, 5) is 28.8. The number of hydrogen-bond acceptors (Lipinski definition) is 4. The van der Waals surface area contributed by atoms with Gasteiger partial charge in [-0.3, -0.25) is 9.59 Å². The Bertz CT molecular complexity index is 713. The SMILES string of the molecule is Cc1cc(F)cnc1C(=O)NC1(CNC(=O)C(C)OC2CCCCCC2)CC1. The van der Waals surface area contributed by atoms with Gasteiger partial charge in [-0.1, -0.05) is 25.7 Å². The highest BCUT2D eigenvalue weighted by Gasteiger charge is 2.45. The lowest BCUT2D eigenvalue weighted by Crippen LogP contribution is -2.48. The lowest BCUT2D eigenvalue weighted by atomic mass is 10.1. The van der Waals surface area contributed by atoms with Crippen molar-refractivity contribution in [3.63, 3.8) is 0 Å². The minimum atomic E-state index is -0.504. The molecule has 7 heteroatoms. The van der Waals surface area contributed by atoms with Crippen LogP contribution in [0.4, 0.5) is 4.39 Å². The van der Waals surface area contributed by atoms with Gasteiger partial charge in [0.1, 0.15) is 17.6 Å². The van der Waals surface area contributed by atoms with Crippen LogP contribution in [0.2, 0.25) is 0 Å². The van der Waals surface area contributed by atoms with Crippen molar-refractivity contribution >= 4 is 11.8 Å². The third-order valence-electron chi connectivity index (χ3n) is 5.66. The van der Waals surface area contributed by atoms with E-state index < -0.39 is 17.5 Å². The summed E-state index contributed by atoms with van der Waals surface area (Å²) in [5.41, 5.74) is 0.254. The summed E-state index contributed by atoms with van der Waals surface area (Å²) in [5.74, 6) is -0.960. The summed E-state index contributed by atoms with van der Waals surface area (Å²) in [6.07, 6.45) is 9.10. The second kappa shape index (κ2) is 8.99. The summed E-state index contributed by atoms with van der Waals surface area (Å²) in [6, 6.07) is 1.29. The number of rotatable bonds is 7. The standard InChI is InChI=1S/C21H30FN3O3/c1-14-11-16(22)12-23-18(14)20(27)25-21(9-10-21)13-24-19(26)15(2)28-17-7-5-3-4-6-8-17/h11-12,15,17H,3-10,13H2,1-2H3,(H,24,26)(H,25,27). The van der Waals surface area contributed by atoms with Crippen molar-refractivity contribution in [1.29, 1.82) is 0 Å². The Hall–Kier alpha value is -2.02. The molecule has 2 aliphatic rings. The average molecular weight is 391 g/mol. The van der Waals surface area contributed by atoms with E-state index in [2.05, 4.69) is 15.6 Å². The Balaban J connectivity index is 1.47. The van der Waals surface area contributed by atoms with E-state index in [1.54, 1.807) is 13.8 Å². The molecule has 1 aromatic heterocycles. The minimum absolute atomic E-state index is 0.152. The van der Waals surface area contributed by atoms with E-state index in [9.17, 15) is 14.0 Å². The van der Waals surface area contributed by atoms with Crippen LogP contribution in [-0.4, -0.2) is 41.1 Å². The van der Waals surface area contributed by atoms with Gasteiger partial charge in [-0.15, -0.1) is 0 Å². The predicted molar refractivity (Wildman–Crippen MR) is 103 cm³/mol. The van der Waals surface area contributed by atoms with Crippen LogP contribution in [0, 0.1) is 12.7 Å². The summed E-state index contributed by atoms with van der Waals surface area (Å²) >= 11 is 0. The number of carbonyl (C=O) groups is 2. The molecule has 0 aromatic carbocycles. The quantitative estimate of drug-likeness (QED) is 0.700. The fourth-order valence-corrected chi connectivity index (χ4v) is 3.70. The number of aryl methyl sites for hydroxylation is 1. The topological polar surface area (TPSA) is 80.3 Å². The number of nitrogens with zero attached hydrogens (tertiary/aromatic N) is 1. The molecule has 0 saturated heterocycles. The van der Waals surface area contributed by atoms with E-state index in [1.807, 2.05) is 0 Å². The van der Waals surface area contributed by atoms with Crippen molar-refractivity contribution in [1.82, 2.24) is 15.6 Å². The van der Waals surface area contributed by atoms with Crippen molar-refractivity contribution < 1.29 is 18.7 Å². The number of amides is 2. The van der Waals surface area contributed by atoms with E-state index in [0.717, 1.165) is 44.7 Å². The van der Waals surface area contributed by atoms with Gasteiger partial charge in [-0.2, -0.15) is 0 Å². The number of pyridine rings is 1. The number of aromatic nitrogens is 1. The molecule has 1 heterocycles. The first-order valence-corrected chi connectivity index (χ1v) is 10.3. The van der Waals surface area contributed by atoms with Crippen LogP contribution in [0.15, 0.2) is 12.3 Å². The Morgan fingerprint density at radius 1 is 1.29 bits per heavy atom. The molecule has 0 bridgehead atoms. The Morgan fingerprint density at radius 3 is 2.57 bits per heavy atom. The Kier molecular flexibility index (Phi) is 6.65. The molecule has 2 amide bonds. The van der Waals surface area contributed by atoms with Crippen LogP contribution in [0.5, 0.6) is 0 Å². The fraction of sp³-hybridized carbons (Fsp3) is 0.667. The van der Waals surface area contributed by atoms with Crippen LogP contribution in [0.1, 0.15) is 74.3 Å². The van der Waals surface area contributed by atoms with Crippen LogP contribution in [0.25, 0.3) is 0 Å². The lowest BCUT2D eigenvalue weighted by Gasteiger charge is -2.23. The summed E-state index contributed by atoms with van der Waals surface area (Å²) in [6.45, 7) is 3.79. The Morgan fingerprint density at radius 2 is 1.96 bits per heavy atom. The third-order valence-corrected chi connectivity index (χ3v) is 5.66. The van der Waals surface area contributed by atoms with Crippen molar-refractivity contribution in [2.24, 2.45) is 0 Å². The molecular weight excluding hydrogens is 361 g/mol. The van der Waals surface area contributed by atoms with Crippen molar-refractivity contribution in [3.8, 4) is 0 Å². The predicted octanol–water partition coefficient (Wildman–Crippen LogP) is 3.04. The molecule has 2 N–H and O–H groups in total. The number of hydrogen-bond donors (Lipinski definition) is 2. The van der Waals surface area contributed by atoms with Crippen molar-refractivity contribution in [2.75, 3.05) is 6.54 Å². The molecule has 2 saturated carbocycles. The molecule has 28 heavy (non-hydrogen) atoms. The van der Waals surface area contributed by atoms with Gasteiger partial charge in [-0.25, -0.2) is 9.37 Å². The highest BCUT2D eigenvalue weighted by molar-refractivity contribution is 5.94. The molecule has 2 aliphatic carbocycles. The average Bonchev–Trinajstić information content (AvgIpc) is 3.44. The molecular formula is C21H30FN3O3. The second-order valence-corrected chi connectivity index (χ2v) is 8.16. The number of halogens is 1. The van der Waals surface area contributed by atoms with Gasteiger partial charge in [0.05, 0.1) is 17.8 Å². The summed E-state index contributed by atoms with van der Waals surface area (Å²) in [7, 11) is 0. The second-order valence-electron chi connectivity index (χ2n) is 8.16. The molecule has 0 radical (unpaired) electrons. The largest absolute Gasteiger partial charge is 0.365 e. The van der Waals surface area contributed by atoms with Gasteiger partial charge in [0.15, 0.2) is 0 Å². The fourth-order valence-electron chi connectivity index (χ4n) is 3.70. The van der Waals surface area contributed by atoms with Gasteiger partial charge < -0.3 is 15.4 Å². The summed E-state index contributed by atoms with van der Waals surface area (Å²) < 4.78 is 19.1. The number of ether oxygens (including phenoxy) is 1. The van der Waals surface area contributed by atoms with Gasteiger partial charge in [0, 0.05) is 6.54 Å². The van der Waals surface area contributed by atoms with Crippen LogP contribution >= 0.6 is 0 Å². The van der Waals surface area contributed by atoms with Crippen LogP contribution < -0.4 is 10.6 Å². The van der Waals surface area contributed by atoms with E-state index in [-0.39, 0.29) is 23.6 Å². The molecule has 154 valence electrons. The van der Waals surface area contributed by atoms with E-state index >= 15 is 0 Å². The first kappa shape index (κ1) is 20.7. The monoisotopic (exact) mass is 391 g/mol. The van der Waals surface area contributed by atoms with Crippen LogP contribution in [0.3, 0.4) is 0 Å². The van der Waals surface area contributed by atoms with E-state index in [1.165, 1.54) is 18.9 Å². The van der Waals surface area contributed by atoms with Gasteiger partial charge in [0.25, 0.3) is 5.91 Å². The molecule has 3 rings (SSSR count). The molecule has 1 unspecified atom stereocenters. The van der Waals surface area contributed by atoms with Crippen molar-refractivity contribution in [3.05, 3.63) is 29.3 Å². The molecule has 1 aromatic rings. The maximum Gasteiger partial charge on any atom is 0.270 e. The number of nitrogens with one attached hydrogen (secondary N) is 2. The number of carbonyl (C=O) groups excluding carboxylic acids is 2. The zero-order chi connectivity index (χ0) is 20.1. The van der Waals surface area contributed by atoms with Gasteiger partial charge in [0.2, 0.25) is 5.91 Å². The maximum absolute atomic E-state index is 13.2. The summed E-state index contributed by atoms with van der Waals surface area (Å²) in [5, 5.41) is 5.86. The van der Waals surface area contributed by atoms with Gasteiger partial charge in [-0.05, 0) is 51.2 Å². The molecule has 2 fully saturated rings. The van der Waals surface area contributed by atoms with Crippen LogP contribution in [-0.2, 0) is 9.53 Å². The minimum Gasteiger partial charge on any atom is -0.365 e. The van der Waals surface area contributed by atoms with E-state index in [4.69, 9.17) is 4.74 Å². The normalized spacial score (nSPS) is 20.1. The molecule has 0 aliphatic heterocycles. The smallest absolute Gasteiger partial charge is 0.270 e. The molecule has 0 spiro atoms. The highest BCUT2D eigenvalue weighted by atomic mass is 19.1. The highest BCUT2D eigenvalue weighted by Crippen LogP contribution is 2.35. The molecule has 1 atom stereocenters. The third kappa shape index (κ3) is 5.50. The zero-order valence-corrected chi connectivity index (χ0v) is 16.7. The molecule has 6 nitrogen and oxygen atoms in total. The first-order chi connectivity index (χ1) is 13.4. The maximum atomic E-state index is 13.2.